The molecule has 2 N–H and O–H groups in total. The molecule has 3 aromatic rings. The van der Waals surface area contributed by atoms with E-state index in [1.54, 1.807) is 43.6 Å². The predicted octanol–water partition coefficient (Wildman–Crippen LogP) is 1.98. The molecule has 0 spiro atoms. The van der Waals surface area contributed by atoms with E-state index in [1.807, 2.05) is 6.07 Å². The van der Waals surface area contributed by atoms with Crippen molar-refractivity contribution in [1.82, 2.24) is 20.3 Å². The van der Waals surface area contributed by atoms with Gasteiger partial charge in [0.2, 0.25) is 12.7 Å². The first-order valence-corrected chi connectivity index (χ1v) is 8.78. The lowest BCUT2D eigenvalue weighted by Crippen LogP contribution is -2.29. The number of aromatic amines is 1. The fraction of sp³-hybridized carbons (Fsp3) is 0.200. The number of carbonyl (C=O) groups excluding carboxylic acids is 1. The molecule has 0 fully saturated rings. The zero-order valence-corrected chi connectivity index (χ0v) is 15.1. The van der Waals surface area contributed by atoms with E-state index in [0.29, 0.717) is 28.6 Å². The lowest BCUT2D eigenvalue weighted by molar-refractivity contribution is -0.121. The molecule has 8 heteroatoms. The Morgan fingerprint density at radius 1 is 1.25 bits per heavy atom. The molecule has 0 aliphatic carbocycles. The van der Waals surface area contributed by atoms with Crippen LogP contribution in [0.5, 0.6) is 11.5 Å². The maximum atomic E-state index is 12.4. The summed E-state index contributed by atoms with van der Waals surface area (Å²) in [5.41, 5.74) is 1.69. The number of hydrogen-bond donors (Lipinski definition) is 2. The summed E-state index contributed by atoms with van der Waals surface area (Å²) < 4.78 is 10.6. The second-order valence-electron chi connectivity index (χ2n) is 6.41. The second kappa shape index (κ2) is 7.51. The quantitative estimate of drug-likeness (QED) is 0.703. The largest absolute Gasteiger partial charge is 0.454 e. The van der Waals surface area contributed by atoms with E-state index < -0.39 is 6.04 Å². The fourth-order valence-electron chi connectivity index (χ4n) is 2.94. The van der Waals surface area contributed by atoms with Gasteiger partial charge in [-0.2, -0.15) is 0 Å². The highest BCUT2D eigenvalue weighted by Crippen LogP contribution is 2.32. The van der Waals surface area contributed by atoms with Crippen molar-refractivity contribution in [2.24, 2.45) is 0 Å². The molecule has 2 aromatic heterocycles. The van der Waals surface area contributed by atoms with Gasteiger partial charge in [0.05, 0.1) is 18.2 Å². The molecular formula is C20H18N4O4. The molecule has 4 rings (SSSR count). The van der Waals surface area contributed by atoms with E-state index in [-0.39, 0.29) is 24.7 Å². The minimum Gasteiger partial charge on any atom is -0.454 e. The van der Waals surface area contributed by atoms with Crippen LogP contribution in [0.25, 0.3) is 11.4 Å². The molecular weight excluding hydrogens is 360 g/mol. The van der Waals surface area contributed by atoms with Crippen molar-refractivity contribution in [3.05, 3.63) is 70.4 Å². The van der Waals surface area contributed by atoms with Crippen LogP contribution in [0.4, 0.5) is 0 Å². The minimum atomic E-state index is -0.431. The van der Waals surface area contributed by atoms with E-state index >= 15 is 0 Å². The minimum absolute atomic E-state index is 0.180. The molecule has 1 aliphatic heterocycles. The number of benzene rings is 1. The van der Waals surface area contributed by atoms with Crippen LogP contribution >= 0.6 is 0 Å². The number of ether oxygens (including phenoxy) is 2. The van der Waals surface area contributed by atoms with Crippen molar-refractivity contribution in [3.8, 4) is 22.9 Å². The van der Waals surface area contributed by atoms with Gasteiger partial charge in [0.15, 0.2) is 11.5 Å². The van der Waals surface area contributed by atoms with Crippen LogP contribution in [0, 0.1) is 0 Å². The lowest BCUT2D eigenvalue weighted by Gasteiger charge is -2.14. The van der Waals surface area contributed by atoms with Crippen LogP contribution in [-0.4, -0.2) is 27.7 Å². The van der Waals surface area contributed by atoms with Crippen molar-refractivity contribution in [2.45, 2.75) is 19.4 Å². The summed E-state index contributed by atoms with van der Waals surface area (Å²) >= 11 is 0. The Bertz CT molecular complexity index is 1070. The molecule has 1 aliphatic rings. The number of nitrogens with one attached hydrogen (secondary N) is 2. The van der Waals surface area contributed by atoms with Gasteiger partial charge in [-0.15, -0.1) is 0 Å². The van der Waals surface area contributed by atoms with Gasteiger partial charge in [-0.05, 0) is 36.8 Å². The van der Waals surface area contributed by atoms with Crippen molar-refractivity contribution in [3.63, 3.8) is 0 Å². The summed E-state index contributed by atoms with van der Waals surface area (Å²) in [6.45, 7) is 1.97. The fourth-order valence-corrected chi connectivity index (χ4v) is 2.94. The van der Waals surface area contributed by atoms with Gasteiger partial charge in [-0.3, -0.25) is 14.6 Å². The van der Waals surface area contributed by atoms with E-state index in [4.69, 9.17) is 9.47 Å². The zero-order chi connectivity index (χ0) is 19.5. The number of amides is 1. The van der Waals surface area contributed by atoms with Crippen LogP contribution in [0.2, 0.25) is 0 Å². The Balaban J connectivity index is 1.47. The second-order valence-corrected chi connectivity index (χ2v) is 6.41. The first kappa shape index (κ1) is 17.7. The molecule has 0 unspecified atom stereocenters. The number of pyridine rings is 1. The molecule has 8 nitrogen and oxygen atoms in total. The maximum Gasteiger partial charge on any atom is 0.251 e. The molecule has 1 atom stereocenters. The van der Waals surface area contributed by atoms with Gasteiger partial charge in [0.1, 0.15) is 5.82 Å². The summed E-state index contributed by atoms with van der Waals surface area (Å²) in [6.07, 6.45) is 3.44. The first-order valence-electron chi connectivity index (χ1n) is 8.78. The van der Waals surface area contributed by atoms with Gasteiger partial charge < -0.3 is 19.8 Å². The summed E-state index contributed by atoms with van der Waals surface area (Å²) in [5, 5.41) is 2.88. The Hall–Kier alpha value is -3.68. The van der Waals surface area contributed by atoms with Gasteiger partial charge in [-0.1, -0.05) is 6.07 Å². The number of fused-ring (bicyclic) bond motifs is 1. The first-order chi connectivity index (χ1) is 13.6. The molecule has 3 heterocycles. The summed E-state index contributed by atoms with van der Waals surface area (Å²) in [6, 6.07) is 9.91. The Kier molecular flexibility index (Phi) is 4.76. The molecule has 0 bridgehead atoms. The Labute approximate surface area is 160 Å². The van der Waals surface area contributed by atoms with Gasteiger partial charge in [0.25, 0.3) is 5.56 Å². The molecule has 1 amide bonds. The molecule has 0 saturated carbocycles. The van der Waals surface area contributed by atoms with Crippen LogP contribution in [0.3, 0.4) is 0 Å². The van der Waals surface area contributed by atoms with Crippen LogP contribution < -0.4 is 20.3 Å². The number of aromatic nitrogens is 3. The van der Waals surface area contributed by atoms with Gasteiger partial charge >= 0.3 is 0 Å². The normalized spacial score (nSPS) is 13.2. The molecule has 0 radical (unpaired) electrons. The van der Waals surface area contributed by atoms with Crippen LogP contribution in [0.1, 0.15) is 24.2 Å². The highest BCUT2D eigenvalue weighted by Gasteiger charge is 2.17. The maximum absolute atomic E-state index is 12.4. The van der Waals surface area contributed by atoms with E-state index in [2.05, 4.69) is 20.3 Å². The molecule has 1 aromatic carbocycles. The third-order valence-corrected chi connectivity index (χ3v) is 4.32. The highest BCUT2D eigenvalue weighted by atomic mass is 16.7. The predicted molar refractivity (Wildman–Crippen MR) is 101 cm³/mol. The summed E-state index contributed by atoms with van der Waals surface area (Å²) in [4.78, 5) is 35.6. The van der Waals surface area contributed by atoms with Crippen molar-refractivity contribution in [1.29, 1.82) is 0 Å². The summed E-state index contributed by atoms with van der Waals surface area (Å²) in [7, 11) is 0. The van der Waals surface area contributed by atoms with Crippen molar-refractivity contribution in [2.75, 3.05) is 6.79 Å². The highest BCUT2D eigenvalue weighted by molar-refractivity contribution is 5.79. The van der Waals surface area contributed by atoms with E-state index in [0.717, 1.165) is 5.56 Å². The third kappa shape index (κ3) is 3.85. The third-order valence-electron chi connectivity index (χ3n) is 4.32. The number of H-pyrrole nitrogens is 1. The topological polar surface area (TPSA) is 106 Å². The molecule has 28 heavy (non-hydrogen) atoms. The molecule has 0 saturated heterocycles. The average Bonchev–Trinajstić information content (AvgIpc) is 3.16. The molecule has 142 valence electrons. The Morgan fingerprint density at radius 2 is 2.11 bits per heavy atom. The van der Waals surface area contributed by atoms with Crippen LogP contribution in [0.15, 0.2) is 53.6 Å². The number of hydrogen-bond acceptors (Lipinski definition) is 6. The number of carbonyl (C=O) groups is 1. The van der Waals surface area contributed by atoms with Gasteiger partial charge in [0, 0.05) is 24.0 Å². The summed E-state index contributed by atoms with van der Waals surface area (Å²) in [5.74, 6) is 1.53. The van der Waals surface area contributed by atoms with Crippen molar-refractivity contribution < 1.29 is 14.3 Å². The lowest BCUT2D eigenvalue weighted by atomic mass is 10.1. The van der Waals surface area contributed by atoms with Gasteiger partial charge in [-0.25, -0.2) is 4.98 Å². The van der Waals surface area contributed by atoms with Crippen LogP contribution in [-0.2, 0) is 11.2 Å². The van der Waals surface area contributed by atoms with Crippen molar-refractivity contribution >= 4 is 5.91 Å². The number of nitrogens with zero attached hydrogens (tertiary/aromatic N) is 2. The van der Waals surface area contributed by atoms with E-state index in [9.17, 15) is 9.59 Å². The number of rotatable bonds is 5. The standard InChI is InChI=1S/C20H18N4O4/c1-12(15-9-19(26)24-20(23-15)14-3-2-6-21-10-14)22-18(25)8-13-4-5-16-17(7-13)28-11-27-16/h2-7,9-10,12H,8,11H2,1H3,(H,22,25)(H,23,24,26)/t12-/m1/s1. The Morgan fingerprint density at radius 3 is 2.93 bits per heavy atom. The monoisotopic (exact) mass is 378 g/mol. The zero-order valence-electron chi connectivity index (χ0n) is 15.1. The smallest absolute Gasteiger partial charge is 0.251 e. The average molecular weight is 378 g/mol. The SMILES string of the molecule is C[C@@H](NC(=O)Cc1ccc2c(c1)OCO2)c1cc(=O)[nH]c(-c2cccnc2)n1. The van der Waals surface area contributed by atoms with E-state index in [1.165, 1.54) is 6.07 Å².